The second kappa shape index (κ2) is 8.08. The number of nitrogens with zero attached hydrogens (tertiary/aromatic N) is 2. The van der Waals surface area contributed by atoms with Crippen molar-refractivity contribution in [2.45, 2.75) is 13.3 Å². The van der Waals surface area contributed by atoms with E-state index >= 15 is 0 Å². The Balaban J connectivity index is 1.63. The zero-order valence-corrected chi connectivity index (χ0v) is 13.5. The number of benzene rings is 1. The van der Waals surface area contributed by atoms with Crippen LogP contribution in [0.5, 0.6) is 5.75 Å². The van der Waals surface area contributed by atoms with Crippen molar-refractivity contribution in [3.8, 4) is 5.75 Å². The Bertz CT molecular complexity index is 420. The second-order valence-corrected chi connectivity index (χ2v) is 5.87. The molecule has 0 amide bonds. The molecule has 1 aromatic carbocycles. The van der Waals surface area contributed by atoms with Gasteiger partial charge in [-0.1, -0.05) is 30.1 Å². The van der Waals surface area contributed by atoms with Crippen LogP contribution in [0.2, 0.25) is 10.0 Å². The molecule has 0 atom stereocenters. The maximum Gasteiger partial charge on any atom is 0.120 e. The van der Waals surface area contributed by atoms with Crippen LogP contribution >= 0.6 is 23.2 Å². The average molecular weight is 317 g/mol. The smallest absolute Gasteiger partial charge is 0.120 e. The highest BCUT2D eigenvalue weighted by Crippen LogP contribution is 2.26. The molecule has 0 radical (unpaired) electrons. The molecule has 0 aliphatic carbocycles. The third-order valence-electron chi connectivity index (χ3n) is 3.69. The van der Waals surface area contributed by atoms with Gasteiger partial charge in [-0.05, 0) is 25.1 Å². The van der Waals surface area contributed by atoms with Crippen LogP contribution in [0, 0.1) is 0 Å². The predicted molar refractivity (Wildman–Crippen MR) is 85.1 cm³/mol. The van der Waals surface area contributed by atoms with Gasteiger partial charge in [0.1, 0.15) is 5.75 Å². The third-order valence-corrected chi connectivity index (χ3v) is 4.43. The normalized spacial score (nSPS) is 17.4. The maximum atomic E-state index is 5.95. The first kappa shape index (κ1) is 15.9. The molecule has 2 rings (SSSR count). The molecule has 1 heterocycles. The molecule has 1 aliphatic heterocycles. The van der Waals surface area contributed by atoms with E-state index in [0.29, 0.717) is 16.7 Å². The number of piperazine rings is 1. The number of hydrogen-bond acceptors (Lipinski definition) is 3. The summed E-state index contributed by atoms with van der Waals surface area (Å²) < 4.78 is 5.70. The van der Waals surface area contributed by atoms with Crippen molar-refractivity contribution in [3.05, 3.63) is 28.2 Å². The van der Waals surface area contributed by atoms with E-state index in [-0.39, 0.29) is 0 Å². The van der Waals surface area contributed by atoms with Crippen LogP contribution in [0.3, 0.4) is 0 Å². The summed E-state index contributed by atoms with van der Waals surface area (Å²) in [6.45, 7) is 9.90. The highest BCUT2D eigenvalue weighted by atomic mass is 35.5. The van der Waals surface area contributed by atoms with Gasteiger partial charge in [0.15, 0.2) is 0 Å². The standard InChI is InChI=1S/C15H22Cl2N2O/c1-2-18-7-9-19(10-8-18)6-3-11-20-13-4-5-14(16)15(17)12-13/h4-5,12H,2-3,6-11H2,1H3. The summed E-state index contributed by atoms with van der Waals surface area (Å²) in [6, 6.07) is 5.39. The summed E-state index contributed by atoms with van der Waals surface area (Å²) >= 11 is 11.8. The minimum absolute atomic E-state index is 0.542. The minimum Gasteiger partial charge on any atom is -0.493 e. The monoisotopic (exact) mass is 316 g/mol. The Hall–Kier alpha value is -0.480. The van der Waals surface area contributed by atoms with Crippen LogP contribution in [-0.4, -0.2) is 55.7 Å². The molecule has 0 aromatic heterocycles. The van der Waals surface area contributed by atoms with Gasteiger partial charge in [0.25, 0.3) is 0 Å². The highest BCUT2D eigenvalue weighted by molar-refractivity contribution is 6.42. The van der Waals surface area contributed by atoms with Crippen molar-refractivity contribution < 1.29 is 4.74 Å². The van der Waals surface area contributed by atoms with Gasteiger partial charge in [-0.3, -0.25) is 0 Å². The fourth-order valence-electron chi connectivity index (χ4n) is 2.37. The van der Waals surface area contributed by atoms with Gasteiger partial charge in [0.05, 0.1) is 16.7 Å². The Morgan fingerprint density at radius 2 is 1.75 bits per heavy atom. The van der Waals surface area contributed by atoms with Crippen molar-refractivity contribution in [1.29, 1.82) is 0 Å². The summed E-state index contributed by atoms with van der Waals surface area (Å²) in [5.74, 6) is 0.787. The maximum absolute atomic E-state index is 5.95. The second-order valence-electron chi connectivity index (χ2n) is 5.05. The molecular weight excluding hydrogens is 295 g/mol. The molecular formula is C15H22Cl2N2O. The molecule has 20 heavy (non-hydrogen) atoms. The zero-order valence-electron chi connectivity index (χ0n) is 11.9. The molecule has 1 fully saturated rings. The van der Waals surface area contributed by atoms with Crippen molar-refractivity contribution in [2.75, 3.05) is 45.9 Å². The molecule has 5 heteroatoms. The van der Waals surface area contributed by atoms with Crippen LogP contribution in [0.1, 0.15) is 13.3 Å². The van der Waals surface area contributed by atoms with Gasteiger partial charge < -0.3 is 14.5 Å². The van der Waals surface area contributed by atoms with Crippen molar-refractivity contribution in [1.82, 2.24) is 9.80 Å². The first-order valence-corrected chi connectivity index (χ1v) is 7.97. The topological polar surface area (TPSA) is 15.7 Å². The van der Waals surface area contributed by atoms with Crippen LogP contribution in [0.4, 0.5) is 0 Å². The van der Waals surface area contributed by atoms with Crippen LogP contribution in [0.25, 0.3) is 0 Å². The van der Waals surface area contributed by atoms with Crippen molar-refractivity contribution in [3.63, 3.8) is 0 Å². The van der Waals surface area contributed by atoms with E-state index in [1.165, 1.54) is 26.2 Å². The summed E-state index contributed by atoms with van der Waals surface area (Å²) in [5.41, 5.74) is 0. The first-order chi connectivity index (χ1) is 9.69. The molecule has 0 saturated carbocycles. The van der Waals surface area contributed by atoms with E-state index in [0.717, 1.165) is 25.3 Å². The van der Waals surface area contributed by atoms with Gasteiger partial charge in [0, 0.05) is 38.8 Å². The molecule has 0 N–H and O–H groups in total. The summed E-state index contributed by atoms with van der Waals surface area (Å²) in [4.78, 5) is 4.99. The van der Waals surface area contributed by atoms with Crippen LogP contribution in [-0.2, 0) is 0 Å². The fraction of sp³-hybridized carbons (Fsp3) is 0.600. The molecule has 3 nitrogen and oxygen atoms in total. The van der Waals surface area contributed by atoms with E-state index in [4.69, 9.17) is 27.9 Å². The highest BCUT2D eigenvalue weighted by Gasteiger charge is 2.14. The summed E-state index contributed by atoms with van der Waals surface area (Å²) in [7, 11) is 0. The fourth-order valence-corrected chi connectivity index (χ4v) is 2.66. The van der Waals surface area contributed by atoms with Crippen molar-refractivity contribution >= 4 is 23.2 Å². The quantitative estimate of drug-likeness (QED) is 0.748. The van der Waals surface area contributed by atoms with Gasteiger partial charge in [-0.15, -0.1) is 0 Å². The van der Waals surface area contributed by atoms with Crippen LogP contribution < -0.4 is 4.74 Å². The number of ether oxygens (including phenoxy) is 1. The van der Waals surface area contributed by atoms with Gasteiger partial charge in [0.2, 0.25) is 0 Å². The van der Waals surface area contributed by atoms with Gasteiger partial charge in [-0.25, -0.2) is 0 Å². The Morgan fingerprint density at radius 3 is 2.40 bits per heavy atom. The molecule has 0 spiro atoms. The summed E-state index contributed by atoms with van der Waals surface area (Å²) in [5, 5.41) is 1.10. The largest absolute Gasteiger partial charge is 0.493 e. The predicted octanol–water partition coefficient (Wildman–Crippen LogP) is 3.40. The summed E-state index contributed by atoms with van der Waals surface area (Å²) in [6.07, 6.45) is 1.03. The number of rotatable bonds is 6. The van der Waals surface area contributed by atoms with E-state index < -0.39 is 0 Å². The molecule has 1 aliphatic rings. The Labute approximate surface area is 131 Å². The van der Waals surface area contributed by atoms with Gasteiger partial charge in [-0.2, -0.15) is 0 Å². The van der Waals surface area contributed by atoms with Crippen molar-refractivity contribution in [2.24, 2.45) is 0 Å². The zero-order chi connectivity index (χ0) is 14.4. The van der Waals surface area contributed by atoms with E-state index in [1.54, 1.807) is 12.1 Å². The molecule has 0 unspecified atom stereocenters. The Morgan fingerprint density at radius 1 is 1.05 bits per heavy atom. The lowest BCUT2D eigenvalue weighted by molar-refractivity contribution is 0.130. The van der Waals surface area contributed by atoms with E-state index in [9.17, 15) is 0 Å². The number of halogens is 2. The van der Waals surface area contributed by atoms with Gasteiger partial charge >= 0.3 is 0 Å². The number of likely N-dealkylation sites (N-methyl/N-ethyl adjacent to an activating group) is 1. The number of hydrogen-bond donors (Lipinski definition) is 0. The molecule has 112 valence electrons. The Kier molecular flexibility index (Phi) is 6.43. The van der Waals surface area contributed by atoms with E-state index in [1.807, 2.05) is 6.07 Å². The van der Waals surface area contributed by atoms with Crippen LogP contribution in [0.15, 0.2) is 18.2 Å². The minimum atomic E-state index is 0.542. The lowest BCUT2D eigenvalue weighted by Crippen LogP contribution is -2.46. The van der Waals surface area contributed by atoms with E-state index in [2.05, 4.69) is 16.7 Å². The SMILES string of the molecule is CCN1CCN(CCCOc2ccc(Cl)c(Cl)c2)CC1. The lowest BCUT2D eigenvalue weighted by atomic mass is 10.3. The molecule has 0 bridgehead atoms. The third kappa shape index (κ3) is 4.81. The average Bonchev–Trinajstić information content (AvgIpc) is 2.48. The molecule has 1 saturated heterocycles. The lowest BCUT2D eigenvalue weighted by Gasteiger charge is -2.33. The molecule has 1 aromatic rings. The first-order valence-electron chi connectivity index (χ1n) is 7.21.